The molecule has 9 nitrogen and oxygen atoms in total. The third kappa shape index (κ3) is 29.1. The summed E-state index contributed by atoms with van der Waals surface area (Å²) in [6.45, 7) is 3.73. The smallest absolute Gasteiger partial charge is 0.220 e. The van der Waals surface area contributed by atoms with Gasteiger partial charge in [0, 0.05) is 6.42 Å². The molecule has 9 heteroatoms. The number of carbonyl (C=O) groups is 1. The summed E-state index contributed by atoms with van der Waals surface area (Å²) in [4.78, 5) is 12.9. The lowest BCUT2D eigenvalue weighted by molar-refractivity contribution is -0.302. The first-order valence-corrected chi connectivity index (χ1v) is 23.4. The highest BCUT2D eigenvalue weighted by Crippen LogP contribution is 2.22. The van der Waals surface area contributed by atoms with Crippen LogP contribution in [0.15, 0.2) is 48.6 Å². The van der Waals surface area contributed by atoms with Gasteiger partial charge in [0.1, 0.15) is 24.4 Å². The maximum Gasteiger partial charge on any atom is 0.220 e. The van der Waals surface area contributed by atoms with E-state index in [0.717, 1.165) is 64.2 Å². The van der Waals surface area contributed by atoms with Crippen molar-refractivity contribution in [1.82, 2.24) is 5.32 Å². The van der Waals surface area contributed by atoms with Gasteiger partial charge in [-0.1, -0.05) is 165 Å². The highest BCUT2D eigenvalue weighted by Gasteiger charge is 2.44. The van der Waals surface area contributed by atoms with Crippen molar-refractivity contribution in [1.29, 1.82) is 0 Å². The van der Waals surface area contributed by atoms with Crippen LogP contribution >= 0.6 is 0 Å². The van der Waals surface area contributed by atoms with Gasteiger partial charge in [-0.25, -0.2) is 0 Å². The first-order chi connectivity index (χ1) is 27.8. The summed E-state index contributed by atoms with van der Waals surface area (Å²) < 4.78 is 11.2. The first kappa shape index (κ1) is 53.2. The Balaban J connectivity index is 2.41. The molecule has 7 unspecified atom stereocenters. The predicted octanol–water partition coefficient (Wildman–Crippen LogP) is 9.84. The van der Waals surface area contributed by atoms with Gasteiger partial charge in [-0.3, -0.25) is 4.79 Å². The lowest BCUT2D eigenvalue weighted by atomic mass is 9.99. The Labute approximate surface area is 348 Å². The number of ether oxygens (including phenoxy) is 2. The summed E-state index contributed by atoms with van der Waals surface area (Å²) in [7, 11) is 0. The van der Waals surface area contributed by atoms with Crippen molar-refractivity contribution in [2.75, 3.05) is 13.2 Å². The monoisotopic (exact) mass is 806 g/mol. The average molecular weight is 806 g/mol. The second kappa shape index (κ2) is 38.4. The van der Waals surface area contributed by atoms with Crippen LogP contribution in [0.25, 0.3) is 0 Å². The van der Waals surface area contributed by atoms with Crippen molar-refractivity contribution in [3.8, 4) is 0 Å². The minimum absolute atomic E-state index is 0.201. The first-order valence-electron chi connectivity index (χ1n) is 23.4. The fourth-order valence-corrected chi connectivity index (χ4v) is 7.06. The van der Waals surface area contributed by atoms with Crippen LogP contribution < -0.4 is 5.32 Å². The van der Waals surface area contributed by atoms with Crippen molar-refractivity contribution < 1.29 is 39.8 Å². The Morgan fingerprint density at radius 1 is 0.579 bits per heavy atom. The van der Waals surface area contributed by atoms with Gasteiger partial charge in [-0.15, -0.1) is 0 Å². The van der Waals surface area contributed by atoms with Crippen LogP contribution in [-0.4, -0.2) is 87.5 Å². The molecule has 0 aromatic rings. The predicted molar refractivity (Wildman–Crippen MR) is 235 cm³/mol. The van der Waals surface area contributed by atoms with E-state index in [1.807, 2.05) is 6.08 Å². The van der Waals surface area contributed by atoms with Crippen molar-refractivity contribution in [3.63, 3.8) is 0 Å². The summed E-state index contributed by atoms with van der Waals surface area (Å²) in [5, 5.41) is 54.2. The second-order valence-electron chi connectivity index (χ2n) is 16.2. The maximum absolute atomic E-state index is 12.9. The van der Waals surface area contributed by atoms with Crippen LogP contribution in [0.5, 0.6) is 0 Å². The quantitative estimate of drug-likeness (QED) is 0.0267. The number of allylic oxidation sites excluding steroid dienone is 7. The Bertz CT molecular complexity index is 1030. The van der Waals surface area contributed by atoms with E-state index >= 15 is 0 Å². The average Bonchev–Trinajstić information content (AvgIpc) is 3.21. The van der Waals surface area contributed by atoms with Crippen LogP contribution in [0.2, 0.25) is 0 Å². The van der Waals surface area contributed by atoms with E-state index in [4.69, 9.17) is 9.47 Å². The van der Waals surface area contributed by atoms with E-state index in [1.165, 1.54) is 109 Å². The Morgan fingerprint density at radius 2 is 1.00 bits per heavy atom. The number of rotatable bonds is 38. The molecule has 1 saturated heterocycles. The lowest BCUT2D eigenvalue weighted by Gasteiger charge is -2.40. The fraction of sp³-hybridized carbons (Fsp3) is 0.812. The molecule has 1 rings (SSSR count). The molecule has 0 spiro atoms. The number of amides is 1. The third-order valence-corrected chi connectivity index (χ3v) is 10.9. The number of carbonyl (C=O) groups excluding carboxylic acids is 1. The SMILES string of the molecule is CCCCCCCC/C=C\CCCCCCCC(=O)NC(COC1OC(CO)C(O)C(O)C1O)C(O)/C=C/CC/C=C/CC/C=C/CCCCCCCCCCC. The molecule has 7 atom stereocenters. The minimum atomic E-state index is -1.58. The molecule has 1 aliphatic heterocycles. The fourth-order valence-electron chi connectivity index (χ4n) is 7.06. The van der Waals surface area contributed by atoms with Crippen LogP contribution in [0.4, 0.5) is 0 Å². The van der Waals surface area contributed by atoms with E-state index in [9.17, 15) is 30.3 Å². The van der Waals surface area contributed by atoms with Gasteiger partial charge in [-0.05, 0) is 70.6 Å². The molecule has 0 radical (unpaired) electrons. The van der Waals surface area contributed by atoms with Gasteiger partial charge in [0.2, 0.25) is 5.91 Å². The van der Waals surface area contributed by atoms with Gasteiger partial charge in [-0.2, -0.15) is 0 Å². The van der Waals surface area contributed by atoms with Crippen molar-refractivity contribution in [3.05, 3.63) is 48.6 Å². The third-order valence-electron chi connectivity index (χ3n) is 10.9. The van der Waals surface area contributed by atoms with Gasteiger partial charge >= 0.3 is 0 Å². The summed E-state index contributed by atoms with van der Waals surface area (Å²) in [5.74, 6) is -0.201. The molecule has 1 amide bonds. The molecule has 1 aliphatic rings. The molecular formula is C48H87NO8. The van der Waals surface area contributed by atoms with Gasteiger partial charge in [0.05, 0.1) is 25.4 Å². The highest BCUT2D eigenvalue weighted by atomic mass is 16.7. The largest absolute Gasteiger partial charge is 0.394 e. The Morgan fingerprint density at radius 3 is 1.47 bits per heavy atom. The number of aliphatic hydroxyl groups is 5. The molecule has 1 fully saturated rings. The molecule has 0 bridgehead atoms. The molecule has 6 N–H and O–H groups in total. The van der Waals surface area contributed by atoms with Gasteiger partial charge in [0.15, 0.2) is 6.29 Å². The number of hydrogen-bond acceptors (Lipinski definition) is 8. The van der Waals surface area contributed by atoms with Crippen molar-refractivity contribution >= 4 is 5.91 Å². The zero-order valence-electron chi connectivity index (χ0n) is 36.3. The van der Waals surface area contributed by atoms with E-state index < -0.39 is 49.5 Å². The molecule has 57 heavy (non-hydrogen) atoms. The number of unbranched alkanes of at least 4 members (excludes halogenated alkanes) is 22. The number of aliphatic hydroxyl groups excluding tert-OH is 5. The number of hydrogen-bond donors (Lipinski definition) is 6. The van der Waals surface area contributed by atoms with E-state index in [1.54, 1.807) is 6.08 Å². The Hall–Kier alpha value is -1.85. The molecule has 0 aromatic carbocycles. The van der Waals surface area contributed by atoms with E-state index in [0.29, 0.717) is 6.42 Å². The standard InChI is InChI=1S/C48H87NO8/c1-3-5-7-9-11-13-15-17-19-20-21-22-24-25-27-29-31-33-35-37-42(51)41(40-56-48-47(55)46(54)45(53)43(39-50)57-48)49-44(52)38-36-34-32-30-28-26-23-18-16-14-12-10-8-6-4-2/h18,21-23,27,29,35,37,41-43,45-48,50-51,53-55H,3-17,19-20,24-26,28,30-34,36,38-40H2,1-2H3,(H,49,52)/b22-21+,23-18-,29-27+,37-35+. The summed E-state index contributed by atoms with van der Waals surface area (Å²) in [6.07, 6.45) is 41.5. The zero-order chi connectivity index (χ0) is 41.6. The van der Waals surface area contributed by atoms with E-state index in [2.05, 4.69) is 55.6 Å². The molecule has 332 valence electrons. The second-order valence-corrected chi connectivity index (χ2v) is 16.2. The Kier molecular flexibility index (Phi) is 35.8. The van der Waals surface area contributed by atoms with Crippen molar-refractivity contribution in [2.24, 2.45) is 0 Å². The molecule has 1 heterocycles. The van der Waals surface area contributed by atoms with Gasteiger partial charge < -0.3 is 40.3 Å². The molecule has 0 saturated carbocycles. The molecule has 0 aliphatic carbocycles. The molecule has 0 aromatic heterocycles. The summed E-state index contributed by atoms with van der Waals surface area (Å²) in [6, 6.07) is -0.831. The summed E-state index contributed by atoms with van der Waals surface area (Å²) in [5.41, 5.74) is 0. The lowest BCUT2D eigenvalue weighted by Crippen LogP contribution is -2.60. The highest BCUT2D eigenvalue weighted by molar-refractivity contribution is 5.76. The number of nitrogens with one attached hydrogen (secondary N) is 1. The zero-order valence-corrected chi connectivity index (χ0v) is 36.3. The van der Waals surface area contributed by atoms with Crippen molar-refractivity contribution in [2.45, 2.75) is 236 Å². The van der Waals surface area contributed by atoms with Gasteiger partial charge in [0.25, 0.3) is 0 Å². The maximum atomic E-state index is 12.9. The topological polar surface area (TPSA) is 149 Å². The molecular weight excluding hydrogens is 719 g/mol. The van der Waals surface area contributed by atoms with Crippen LogP contribution in [0, 0.1) is 0 Å². The van der Waals surface area contributed by atoms with E-state index in [-0.39, 0.29) is 12.5 Å². The normalized spacial score (nSPS) is 21.4. The van der Waals surface area contributed by atoms with Crippen LogP contribution in [-0.2, 0) is 14.3 Å². The van der Waals surface area contributed by atoms with Crippen LogP contribution in [0.1, 0.15) is 194 Å². The minimum Gasteiger partial charge on any atom is -0.394 e. The summed E-state index contributed by atoms with van der Waals surface area (Å²) >= 11 is 0. The van der Waals surface area contributed by atoms with Crippen LogP contribution in [0.3, 0.4) is 0 Å².